The Morgan fingerprint density at radius 1 is 1.20 bits per heavy atom. The van der Waals surface area contributed by atoms with Crippen LogP contribution in [0.4, 0.5) is 5.69 Å². The maximum absolute atomic E-state index is 12.5. The fourth-order valence-corrected chi connectivity index (χ4v) is 2.62. The number of ether oxygens (including phenoxy) is 2. The van der Waals surface area contributed by atoms with E-state index in [0.29, 0.717) is 18.3 Å². The van der Waals surface area contributed by atoms with Gasteiger partial charge in [-0.2, -0.15) is 0 Å². The van der Waals surface area contributed by atoms with Gasteiger partial charge in [0, 0.05) is 18.7 Å². The van der Waals surface area contributed by atoms with Crippen molar-refractivity contribution in [2.45, 2.75) is 31.3 Å². The minimum Gasteiger partial charge on any atom is -0.497 e. The molecule has 1 amide bonds. The molecule has 1 atom stereocenters. The number of carbonyl (C=O) groups excluding carboxylic acids is 1. The first-order valence-electron chi connectivity index (χ1n) is 7.02. The summed E-state index contributed by atoms with van der Waals surface area (Å²) in [5.74, 6) is 1.56. The first-order valence-corrected chi connectivity index (χ1v) is 7.02. The molecule has 0 aromatic heterocycles. The molecule has 1 aliphatic heterocycles. The minimum atomic E-state index is -0.0570. The molecule has 0 spiro atoms. The fourth-order valence-electron chi connectivity index (χ4n) is 2.62. The van der Waals surface area contributed by atoms with Gasteiger partial charge in [-0.25, -0.2) is 0 Å². The van der Waals surface area contributed by atoms with Crippen LogP contribution in [0.3, 0.4) is 0 Å². The van der Waals surface area contributed by atoms with Crippen LogP contribution < -0.4 is 19.7 Å². The van der Waals surface area contributed by atoms with E-state index in [1.807, 2.05) is 18.2 Å². The van der Waals surface area contributed by atoms with Crippen molar-refractivity contribution in [1.29, 1.82) is 0 Å². The first-order chi connectivity index (χ1) is 9.72. The van der Waals surface area contributed by atoms with Crippen LogP contribution in [0.25, 0.3) is 0 Å². The third kappa shape index (κ3) is 2.45. The number of methoxy groups -OCH3 is 2. The Morgan fingerprint density at radius 3 is 2.65 bits per heavy atom. The van der Waals surface area contributed by atoms with Crippen LogP contribution in [0.15, 0.2) is 18.2 Å². The van der Waals surface area contributed by atoms with Crippen molar-refractivity contribution in [2.75, 3.05) is 25.7 Å². The van der Waals surface area contributed by atoms with Gasteiger partial charge in [0.05, 0.1) is 25.9 Å². The van der Waals surface area contributed by atoms with Gasteiger partial charge in [0.15, 0.2) is 0 Å². The lowest BCUT2D eigenvalue weighted by molar-refractivity contribution is -0.118. The fraction of sp³-hybridized carbons (Fsp3) is 0.533. The SMILES string of the molecule is COc1ccc(OC)c(N2CCC(NC3CC3)C2=O)c1. The zero-order valence-electron chi connectivity index (χ0n) is 11.9. The van der Waals surface area contributed by atoms with Crippen molar-refractivity contribution >= 4 is 11.6 Å². The number of nitrogens with zero attached hydrogens (tertiary/aromatic N) is 1. The number of carbonyl (C=O) groups is 1. The highest BCUT2D eigenvalue weighted by Crippen LogP contribution is 2.35. The summed E-state index contributed by atoms with van der Waals surface area (Å²) in [5.41, 5.74) is 0.789. The summed E-state index contributed by atoms with van der Waals surface area (Å²) < 4.78 is 10.6. The normalized spacial score (nSPS) is 22.2. The van der Waals surface area contributed by atoms with Gasteiger partial charge in [-0.3, -0.25) is 4.79 Å². The predicted octanol–water partition coefficient (Wildman–Crippen LogP) is 1.56. The molecule has 2 fully saturated rings. The van der Waals surface area contributed by atoms with Gasteiger partial charge < -0.3 is 19.7 Å². The standard InChI is InChI=1S/C15H20N2O3/c1-19-11-5-6-14(20-2)13(9-11)17-8-7-12(15(17)18)16-10-3-4-10/h5-6,9-10,12,16H,3-4,7-8H2,1-2H3. The molecule has 108 valence electrons. The van der Waals surface area contributed by atoms with Gasteiger partial charge in [0.25, 0.3) is 0 Å². The van der Waals surface area contributed by atoms with Gasteiger partial charge >= 0.3 is 0 Å². The van der Waals surface area contributed by atoms with Crippen molar-refractivity contribution in [2.24, 2.45) is 0 Å². The number of benzene rings is 1. The Bertz CT molecular complexity index is 514. The Balaban J connectivity index is 1.82. The monoisotopic (exact) mass is 276 g/mol. The highest BCUT2D eigenvalue weighted by atomic mass is 16.5. The Kier molecular flexibility index (Phi) is 3.53. The van der Waals surface area contributed by atoms with E-state index in [1.165, 1.54) is 12.8 Å². The predicted molar refractivity (Wildman–Crippen MR) is 76.5 cm³/mol. The molecule has 5 heteroatoms. The van der Waals surface area contributed by atoms with E-state index >= 15 is 0 Å². The molecular weight excluding hydrogens is 256 g/mol. The van der Waals surface area contributed by atoms with Gasteiger partial charge in [-0.1, -0.05) is 0 Å². The van der Waals surface area contributed by atoms with Crippen molar-refractivity contribution in [3.8, 4) is 11.5 Å². The minimum absolute atomic E-state index is 0.0570. The van der Waals surface area contributed by atoms with Crippen LogP contribution in [0.5, 0.6) is 11.5 Å². The molecule has 1 unspecified atom stereocenters. The molecule has 5 nitrogen and oxygen atoms in total. The highest BCUT2D eigenvalue weighted by molar-refractivity contribution is 6.00. The van der Waals surface area contributed by atoms with Crippen molar-refractivity contribution < 1.29 is 14.3 Å². The third-order valence-corrected chi connectivity index (χ3v) is 3.90. The highest BCUT2D eigenvalue weighted by Gasteiger charge is 2.37. The van der Waals surface area contributed by atoms with Crippen LogP contribution >= 0.6 is 0 Å². The molecule has 1 aromatic carbocycles. The van der Waals surface area contributed by atoms with Crippen LogP contribution in [0, 0.1) is 0 Å². The lowest BCUT2D eigenvalue weighted by Gasteiger charge is -2.20. The Hall–Kier alpha value is -1.75. The second-order valence-electron chi connectivity index (χ2n) is 5.31. The summed E-state index contributed by atoms with van der Waals surface area (Å²) in [6.45, 7) is 0.715. The van der Waals surface area contributed by atoms with Crippen LogP contribution in [0.1, 0.15) is 19.3 Å². The van der Waals surface area contributed by atoms with Gasteiger partial charge in [-0.05, 0) is 31.4 Å². The average molecular weight is 276 g/mol. The van der Waals surface area contributed by atoms with E-state index in [1.54, 1.807) is 19.1 Å². The summed E-state index contributed by atoms with van der Waals surface area (Å²) in [6.07, 6.45) is 3.22. The maximum atomic E-state index is 12.5. The van der Waals surface area contributed by atoms with E-state index in [9.17, 15) is 4.79 Å². The molecule has 1 aliphatic carbocycles. The Morgan fingerprint density at radius 2 is 2.00 bits per heavy atom. The quantitative estimate of drug-likeness (QED) is 0.886. The molecule has 1 saturated carbocycles. The van der Waals surface area contributed by atoms with Crippen molar-refractivity contribution in [1.82, 2.24) is 5.32 Å². The molecule has 0 radical (unpaired) electrons. The smallest absolute Gasteiger partial charge is 0.244 e. The number of hydrogen-bond donors (Lipinski definition) is 1. The van der Waals surface area contributed by atoms with Gasteiger partial charge in [0.2, 0.25) is 5.91 Å². The van der Waals surface area contributed by atoms with E-state index in [-0.39, 0.29) is 11.9 Å². The number of hydrogen-bond acceptors (Lipinski definition) is 4. The summed E-state index contributed by atoms with van der Waals surface area (Å²) in [6, 6.07) is 6.01. The second kappa shape index (κ2) is 5.32. The molecule has 1 aromatic rings. The number of anilines is 1. The lowest BCUT2D eigenvalue weighted by atomic mass is 10.2. The lowest BCUT2D eigenvalue weighted by Crippen LogP contribution is -2.39. The van der Waals surface area contributed by atoms with Crippen LogP contribution in [0.2, 0.25) is 0 Å². The van der Waals surface area contributed by atoms with Crippen LogP contribution in [-0.4, -0.2) is 38.8 Å². The molecule has 0 bridgehead atoms. The van der Waals surface area contributed by atoms with Gasteiger partial charge in [-0.15, -0.1) is 0 Å². The maximum Gasteiger partial charge on any atom is 0.244 e. The first kappa shape index (κ1) is 13.2. The van der Waals surface area contributed by atoms with E-state index in [4.69, 9.17) is 9.47 Å². The molecule has 1 saturated heterocycles. The summed E-state index contributed by atoms with van der Waals surface area (Å²) in [7, 11) is 3.24. The molecule has 1 N–H and O–H groups in total. The molecule has 3 rings (SSSR count). The summed E-state index contributed by atoms with van der Waals surface area (Å²) >= 11 is 0. The third-order valence-electron chi connectivity index (χ3n) is 3.90. The van der Waals surface area contributed by atoms with Crippen molar-refractivity contribution in [3.63, 3.8) is 0 Å². The van der Waals surface area contributed by atoms with E-state index < -0.39 is 0 Å². The molecule has 1 heterocycles. The molecule has 20 heavy (non-hydrogen) atoms. The number of nitrogens with one attached hydrogen (secondary N) is 1. The molecule has 2 aliphatic rings. The topological polar surface area (TPSA) is 50.8 Å². The zero-order chi connectivity index (χ0) is 14.1. The second-order valence-corrected chi connectivity index (χ2v) is 5.31. The Labute approximate surface area is 118 Å². The number of rotatable bonds is 5. The molecular formula is C15H20N2O3. The van der Waals surface area contributed by atoms with E-state index in [2.05, 4.69) is 5.32 Å². The van der Waals surface area contributed by atoms with Crippen molar-refractivity contribution in [3.05, 3.63) is 18.2 Å². The number of amides is 1. The van der Waals surface area contributed by atoms with Crippen LogP contribution in [-0.2, 0) is 4.79 Å². The van der Waals surface area contributed by atoms with E-state index in [0.717, 1.165) is 17.9 Å². The summed E-state index contributed by atoms with van der Waals surface area (Å²) in [4.78, 5) is 14.3. The van der Waals surface area contributed by atoms with Gasteiger partial charge in [0.1, 0.15) is 11.5 Å². The average Bonchev–Trinajstić information content (AvgIpc) is 3.22. The largest absolute Gasteiger partial charge is 0.497 e. The summed E-state index contributed by atoms with van der Waals surface area (Å²) in [5, 5.41) is 3.41. The zero-order valence-corrected chi connectivity index (χ0v) is 11.9.